The zero-order valence-corrected chi connectivity index (χ0v) is 16.3. The third kappa shape index (κ3) is 3.97. The molecule has 1 aliphatic rings. The van der Waals surface area contributed by atoms with Crippen molar-refractivity contribution in [1.29, 1.82) is 0 Å². The van der Waals surface area contributed by atoms with Crippen molar-refractivity contribution in [3.63, 3.8) is 0 Å². The van der Waals surface area contributed by atoms with Crippen LogP contribution in [-0.4, -0.2) is 68.7 Å². The maximum atomic E-state index is 13.0. The second kappa shape index (κ2) is 8.96. The molecule has 0 unspecified atom stereocenters. The van der Waals surface area contributed by atoms with E-state index >= 15 is 0 Å². The van der Waals surface area contributed by atoms with Gasteiger partial charge in [-0.2, -0.15) is 0 Å². The summed E-state index contributed by atoms with van der Waals surface area (Å²) in [6.45, 7) is 8.08. The molecular formula is C20H28N2O4. The van der Waals surface area contributed by atoms with Crippen molar-refractivity contribution in [2.75, 3.05) is 47.1 Å². The van der Waals surface area contributed by atoms with Crippen LogP contribution in [0.15, 0.2) is 23.9 Å². The second-order valence-electron chi connectivity index (χ2n) is 6.37. The van der Waals surface area contributed by atoms with Crippen molar-refractivity contribution in [2.45, 2.75) is 20.8 Å². The van der Waals surface area contributed by atoms with Gasteiger partial charge in [0, 0.05) is 33.9 Å². The van der Waals surface area contributed by atoms with E-state index in [-0.39, 0.29) is 11.8 Å². The highest BCUT2D eigenvalue weighted by molar-refractivity contribution is 6.35. The SMILES string of the molecule is CCN1C(=O)C(c2ccc(C)cc2C)=C(N(CCOC)CCOC)C1=O. The minimum atomic E-state index is -0.250. The Kier molecular flexibility index (Phi) is 6.94. The van der Waals surface area contributed by atoms with Gasteiger partial charge in [0.1, 0.15) is 5.70 Å². The molecule has 0 spiro atoms. The standard InChI is InChI=1S/C20H28N2O4/c1-6-22-19(23)17(16-8-7-14(2)13-15(16)3)18(20(22)24)21(9-11-25-4)10-12-26-5/h7-8,13H,6,9-12H2,1-5H3. The fourth-order valence-electron chi connectivity index (χ4n) is 3.22. The number of benzene rings is 1. The Balaban J connectivity index is 2.59. The maximum Gasteiger partial charge on any atom is 0.277 e. The van der Waals surface area contributed by atoms with Crippen molar-refractivity contribution in [1.82, 2.24) is 9.80 Å². The molecule has 0 saturated heterocycles. The predicted molar refractivity (Wildman–Crippen MR) is 101 cm³/mol. The highest BCUT2D eigenvalue weighted by Gasteiger charge is 2.41. The first-order chi connectivity index (χ1) is 12.5. The summed E-state index contributed by atoms with van der Waals surface area (Å²) in [5.41, 5.74) is 3.82. The van der Waals surface area contributed by atoms with Crippen LogP contribution in [0.25, 0.3) is 5.57 Å². The van der Waals surface area contributed by atoms with Crippen LogP contribution in [0.1, 0.15) is 23.6 Å². The van der Waals surface area contributed by atoms with Crippen LogP contribution in [0.2, 0.25) is 0 Å². The number of imide groups is 1. The van der Waals surface area contributed by atoms with Gasteiger partial charge in [0.15, 0.2) is 0 Å². The Hall–Kier alpha value is -2.18. The number of carbonyl (C=O) groups excluding carboxylic acids is 2. The number of aryl methyl sites for hydroxylation is 2. The molecule has 6 heteroatoms. The van der Waals surface area contributed by atoms with E-state index in [9.17, 15) is 9.59 Å². The van der Waals surface area contributed by atoms with E-state index in [1.165, 1.54) is 4.90 Å². The number of likely N-dealkylation sites (N-methyl/N-ethyl adjacent to an activating group) is 1. The van der Waals surface area contributed by atoms with Crippen molar-refractivity contribution >= 4 is 17.4 Å². The van der Waals surface area contributed by atoms with E-state index in [4.69, 9.17) is 9.47 Å². The molecule has 6 nitrogen and oxygen atoms in total. The lowest BCUT2D eigenvalue weighted by atomic mass is 9.97. The molecule has 1 aliphatic heterocycles. The Morgan fingerprint density at radius 3 is 2.12 bits per heavy atom. The van der Waals surface area contributed by atoms with Gasteiger partial charge in [-0.25, -0.2) is 0 Å². The molecule has 2 amide bonds. The van der Waals surface area contributed by atoms with Gasteiger partial charge in [-0.15, -0.1) is 0 Å². The molecule has 2 rings (SSSR count). The van der Waals surface area contributed by atoms with Crippen LogP contribution in [0, 0.1) is 13.8 Å². The van der Waals surface area contributed by atoms with Gasteiger partial charge in [0.25, 0.3) is 11.8 Å². The number of hydrogen-bond donors (Lipinski definition) is 0. The van der Waals surface area contributed by atoms with Crippen LogP contribution < -0.4 is 0 Å². The Morgan fingerprint density at radius 1 is 1.00 bits per heavy atom. The van der Waals surface area contributed by atoms with Gasteiger partial charge in [-0.1, -0.05) is 23.8 Å². The minimum Gasteiger partial charge on any atom is -0.383 e. The summed E-state index contributed by atoms with van der Waals surface area (Å²) in [7, 11) is 3.24. The fourth-order valence-corrected chi connectivity index (χ4v) is 3.22. The zero-order chi connectivity index (χ0) is 19.3. The van der Waals surface area contributed by atoms with Crippen LogP contribution >= 0.6 is 0 Å². The Morgan fingerprint density at radius 2 is 1.62 bits per heavy atom. The summed E-state index contributed by atoms with van der Waals surface area (Å²) in [4.78, 5) is 29.2. The molecular weight excluding hydrogens is 332 g/mol. The number of hydrogen-bond acceptors (Lipinski definition) is 5. The maximum absolute atomic E-state index is 13.0. The number of rotatable bonds is 9. The lowest BCUT2D eigenvalue weighted by molar-refractivity contribution is -0.137. The van der Waals surface area contributed by atoms with Gasteiger partial charge in [-0.05, 0) is 31.9 Å². The molecule has 0 aliphatic carbocycles. The average Bonchev–Trinajstić information content (AvgIpc) is 2.85. The van der Waals surface area contributed by atoms with E-state index < -0.39 is 0 Å². The van der Waals surface area contributed by atoms with Gasteiger partial charge in [-0.3, -0.25) is 14.5 Å². The number of methoxy groups -OCH3 is 2. The summed E-state index contributed by atoms with van der Waals surface area (Å²) in [6, 6.07) is 5.92. The molecule has 1 aromatic carbocycles. The van der Waals surface area contributed by atoms with Crippen molar-refractivity contribution in [2.24, 2.45) is 0 Å². The Bertz CT molecular complexity index is 704. The van der Waals surface area contributed by atoms with Crippen molar-refractivity contribution in [3.05, 3.63) is 40.6 Å². The number of ether oxygens (including phenoxy) is 2. The third-order valence-corrected chi connectivity index (χ3v) is 4.56. The predicted octanol–water partition coefficient (Wildman–Crippen LogP) is 2.00. The summed E-state index contributed by atoms with van der Waals surface area (Å²) < 4.78 is 10.4. The van der Waals surface area contributed by atoms with E-state index in [2.05, 4.69) is 0 Å². The minimum absolute atomic E-state index is 0.237. The first kappa shape index (κ1) is 20.1. The first-order valence-electron chi connectivity index (χ1n) is 8.87. The van der Waals surface area contributed by atoms with Crippen molar-refractivity contribution < 1.29 is 19.1 Å². The topological polar surface area (TPSA) is 59.1 Å². The van der Waals surface area contributed by atoms with Crippen LogP contribution in [0.5, 0.6) is 0 Å². The number of carbonyl (C=O) groups is 2. The molecule has 0 bridgehead atoms. The summed E-state index contributed by atoms with van der Waals surface area (Å²) >= 11 is 0. The Labute approximate surface area is 155 Å². The van der Waals surface area contributed by atoms with Crippen molar-refractivity contribution in [3.8, 4) is 0 Å². The van der Waals surface area contributed by atoms with Gasteiger partial charge in [0.2, 0.25) is 0 Å². The quantitative estimate of drug-likeness (QED) is 0.631. The number of amides is 2. The normalized spacial score (nSPS) is 14.6. The molecule has 1 heterocycles. The first-order valence-corrected chi connectivity index (χ1v) is 8.87. The lowest BCUT2D eigenvalue weighted by Crippen LogP contribution is -2.37. The molecule has 142 valence electrons. The third-order valence-electron chi connectivity index (χ3n) is 4.56. The molecule has 1 aromatic rings. The molecule has 0 radical (unpaired) electrons. The summed E-state index contributed by atoms with van der Waals surface area (Å²) in [5, 5.41) is 0. The lowest BCUT2D eigenvalue weighted by Gasteiger charge is -2.25. The van der Waals surface area contributed by atoms with E-state index in [1.807, 2.05) is 43.9 Å². The van der Waals surface area contributed by atoms with E-state index in [0.29, 0.717) is 44.1 Å². The van der Waals surface area contributed by atoms with E-state index in [0.717, 1.165) is 16.7 Å². The zero-order valence-electron chi connectivity index (χ0n) is 16.3. The molecule has 0 fully saturated rings. The molecule has 0 N–H and O–H groups in total. The monoisotopic (exact) mass is 360 g/mol. The summed E-state index contributed by atoms with van der Waals surface area (Å²) in [6.07, 6.45) is 0. The summed E-state index contributed by atoms with van der Waals surface area (Å²) in [5.74, 6) is -0.487. The van der Waals surface area contributed by atoms with Gasteiger partial charge in [0.05, 0.1) is 18.8 Å². The highest BCUT2D eigenvalue weighted by Crippen LogP contribution is 2.33. The fraction of sp³-hybridized carbons (Fsp3) is 0.500. The number of nitrogens with zero attached hydrogens (tertiary/aromatic N) is 2. The average molecular weight is 360 g/mol. The highest BCUT2D eigenvalue weighted by atomic mass is 16.5. The molecule has 26 heavy (non-hydrogen) atoms. The van der Waals surface area contributed by atoms with Gasteiger partial charge >= 0.3 is 0 Å². The second-order valence-corrected chi connectivity index (χ2v) is 6.37. The van der Waals surface area contributed by atoms with Crippen LogP contribution in [0.3, 0.4) is 0 Å². The largest absolute Gasteiger partial charge is 0.383 e. The van der Waals surface area contributed by atoms with Crippen LogP contribution in [-0.2, 0) is 19.1 Å². The molecule has 0 aromatic heterocycles. The van der Waals surface area contributed by atoms with Crippen LogP contribution in [0.4, 0.5) is 0 Å². The van der Waals surface area contributed by atoms with Gasteiger partial charge < -0.3 is 14.4 Å². The smallest absolute Gasteiger partial charge is 0.277 e. The van der Waals surface area contributed by atoms with E-state index in [1.54, 1.807) is 14.2 Å². The molecule has 0 saturated carbocycles. The molecule has 0 atom stereocenters.